The summed E-state index contributed by atoms with van der Waals surface area (Å²) in [4.78, 5) is 19.5. The second-order valence-electron chi connectivity index (χ2n) is 3.31. The van der Waals surface area contributed by atoms with Crippen LogP contribution in [0.15, 0.2) is 0 Å². The Balaban J connectivity index is 0. The third-order valence-electron chi connectivity index (χ3n) is 0.587. The standard InChI is InChI=1S/C6H13NO2.C2H4O2/c1-6(2,3)9-5(8)4-7;1-2(3)4/h4,7H2,1-3H3;1H3,(H,3,4). The lowest BCUT2D eigenvalue weighted by Gasteiger charge is -2.18. The Kier molecular flexibility index (Phi) is 7.12. The first kappa shape index (κ1) is 14.4. The predicted octanol–water partition coefficient (Wildman–Crippen LogP) is 0.378. The monoisotopic (exact) mass is 191 g/mol. The fraction of sp³-hybridized carbons (Fsp3) is 0.750. The highest BCUT2D eigenvalue weighted by Gasteiger charge is 2.13. The zero-order valence-corrected chi connectivity index (χ0v) is 8.46. The molecule has 0 radical (unpaired) electrons. The number of aliphatic carboxylic acids is 1. The second-order valence-corrected chi connectivity index (χ2v) is 3.31. The molecule has 3 N–H and O–H groups in total. The smallest absolute Gasteiger partial charge is 0.320 e. The predicted molar refractivity (Wildman–Crippen MR) is 48.2 cm³/mol. The molecule has 13 heavy (non-hydrogen) atoms. The lowest BCUT2D eigenvalue weighted by atomic mass is 10.2. The molecule has 0 aliphatic heterocycles. The molecule has 78 valence electrons. The molecule has 0 bridgehead atoms. The summed E-state index contributed by atoms with van der Waals surface area (Å²) in [6.45, 7) is 6.46. The molecule has 0 heterocycles. The highest BCUT2D eigenvalue weighted by atomic mass is 16.6. The molecule has 0 amide bonds. The number of carbonyl (C=O) groups excluding carboxylic acids is 1. The first-order chi connectivity index (χ1) is 5.69. The van der Waals surface area contributed by atoms with Gasteiger partial charge in [0, 0.05) is 6.92 Å². The maximum atomic E-state index is 10.5. The maximum Gasteiger partial charge on any atom is 0.320 e. The Labute approximate surface area is 77.9 Å². The van der Waals surface area contributed by atoms with Gasteiger partial charge in [-0.15, -0.1) is 0 Å². The number of ether oxygens (including phenoxy) is 1. The van der Waals surface area contributed by atoms with E-state index in [1.807, 2.05) is 0 Å². The highest BCUT2D eigenvalue weighted by molar-refractivity contribution is 5.71. The molecule has 0 aromatic rings. The van der Waals surface area contributed by atoms with E-state index in [0.29, 0.717) is 0 Å². The van der Waals surface area contributed by atoms with Gasteiger partial charge in [0.2, 0.25) is 0 Å². The van der Waals surface area contributed by atoms with Crippen LogP contribution in [-0.2, 0) is 14.3 Å². The Morgan fingerprint density at radius 1 is 1.38 bits per heavy atom. The number of carboxylic acid groups (broad SMARTS) is 1. The number of nitrogens with two attached hydrogens (primary N) is 1. The molecule has 0 atom stereocenters. The summed E-state index contributed by atoms with van der Waals surface area (Å²) in [6, 6.07) is 0. The summed E-state index contributed by atoms with van der Waals surface area (Å²) in [7, 11) is 0. The van der Waals surface area contributed by atoms with E-state index < -0.39 is 11.6 Å². The molecule has 0 rings (SSSR count). The molecule has 5 heteroatoms. The summed E-state index contributed by atoms with van der Waals surface area (Å²) >= 11 is 0. The topological polar surface area (TPSA) is 89.6 Å². The summed E-state index contributed by atoms with van der Waals surface area (Å²) in [5.41, 5.74) is 4.60. The van der Waals surface area contributed by atoms with Crippen molar-refractivity contribution in [2.75, 3.05) is 6.54 Å². The van der Waals surface area contributed by atoms with E-state index in [-0.39, 0.29) is 12.5 Å². The molecule has 0 aromatic carbocycles. The zero-order chi connectivity index (χ0) is 11.1. The number of rotatable bonds is 1. The Morgan fingerprint density at radius 2 is 1.69 bits per heavy atom. The fourth-order valence-corrected chi connectivity index (χ4v) is 0.383. The van der Waals surface area contributed by atoms with Crippen molar-refractivity contribution < 1.29 is 19.4 Å². The molecule has 0 fully saturated rings. The minimum atomic E-state index is -0.833. The van der Waals surface area contributed by atoms with Gasteiger partial charge in [0.05, 0.1) is 6.54 Å². The van der Waals surface area contributed by atoms with E-state index in [1.165, 1.54) is 0 Å². The molecule has 0 saturated heterocycles. The van der Waals surface area contributed by atoms with Crippen LogP contribution in [-0.4, -0.2) is 29.2 Å². The van der Waals surface area contributed by atoms with Crippen molar-refractivity contribution in [3.8, 4) is 0 Å². The van der Waals surface area contributed by atoms with Crippen LogP contribution < -0.4 is 5.73 Å². The molecule has 0 aliphatic carbocycles. The van der Waals surface area contributed by atoms with Gasteiger partial charge in [-0.1, -0.05) is 0 Å². The van der Waals surface area contributed by atoms with E-state index in [2.05, 4.69) is 0 Å². The summed E-state index contributed by atoms with van der Waals surface area (Å²) in [6.07, 6.45) is 0. The van der Waals surface area contributed by atoms with Crippen LogP contribution in [0, 0.1) is 0 Å². The average molecular weight is 191 g/mol. The summed E-state index contributed by atoms with van der Waals surface area (Å²) < 4.78 is 4.82. The van der Waals surface area contributed by atoms with Crippen molar-refractivity contribution in [1.82, 2.24) is 0 Å². The van der Waals surface area contributed by atoms with Gasteiger partial charge in [0.25, 0.3) is 5.97 Å². The van der Waals surface area contributed by atoms with Crippen LogP contribution in [0.2, 0.25) is 0 Å². The van der Waals surface area contributed by atoms with E-state index in [9.17, 15) is 4.79 Å². The van der Waals surface area contributed by atoms with Crippen molar-refractivity contribution in [1.29, 1.82) is 0 Å². The number of carboxylic acids is 1. The van der Waals surface area contributed by atoms with Crippen molar-refractivity contribution in [3.05, 3.63) is 0 Å². The van der Waals surface area contributed by atoms with Gasteiger partial charge < -0.3 is 15.6 Å². The molecule has 0 aliphatic rings. The quantitative estimate of drug-likeness (QED) is 0.585. The van der Waals surface area contributed by atoms with Crippen LogP contribution in [0.5, 0.6) is 0 Å². The molecule has 5 nitrogen and oxygen atoms in total. The number of carbonyl (C=O) groups is 2. The van der Waals surface area contributed by atoms with Gasteiger partial charge in [-0.2, -0.15) is 0 Å². The van der Waals surface area contributed by atoms with Crippen molar-refractivity contribution in [2.24, 2.45) is 5.73 Å². The molecule has 0 spiro atoms. The number of hydrogen-bond acceptors (Lipinski definition) is 4. The van der Waals surface area contributed by atoms with Gasteiger partial charge in [0.1, 0.15) is 5.60 Å². The second kappa shape index (κ2) is 6.42. The third-order valence-corrected chi connectivity index (χ3v) is 0.587. The normalized spacial score (nSPS) is 9.62. The number of esters is 1. The minimum Gasteiger partial charge on any atom is -0.481 e. The molecule has 0 unspecified atom stereocenters. The molecule has 0 aromatic heterocycles. The van der Waals surface area contributed by atoms with Crippen molar-refractivity contribution >= 4 is 11.9 Å². The molecular weight excluding hydrogens is 174 g/mol. The van der Waals surface area contributed by atoms with Crippen LogP contribution >= 0.6 is 0 Å². The first-order valence-corrected chi connectivity index (χ1v) is 3.80. The van der Waals surface area contributed by atoms with Gasteiger partial charge in [-0.25, -0.2) is 0 Å². The zero-order valence-electron chi connectivity index (χ0n) is 8.46. The van der Waals surface area contributed by atoms with E-state index in [1.54, 1.807) is 20.8 Å². The fourth-order valence-electron chi connectivity index (χ4n) is 0.383. The van der Waals surface area contributed by atoms with E-state index >= 15 is 0 Å². The lowest BCUT2D eigenvalue weighted by Crippen LogP contribution is -2.28. The average Bonchev–Trinajstić information content (AvgIpc) is 1.82. The Morgan fingerprint density at radius 3 is 1.77 bits per heavy atom. The van der Waals surface area contributed by atoms with Crippen molar-refractivity contribution in [2.45, 2.75) is 33.3 Å². The summed E-state index contributed by atoms with van der Waals surface area (Å²) in [5.74, 6) is -1.19. The van der Waals surface area contributed by atoms with Gasteiger partial charge in [0.15, 0.2) is 0 Å². The van der Waals surface area contributed by atoms with Crippen LogP contribution in [0.3, 0.4) is 0 Å². The molecular formula is C8H17NO4. The molecule has 0 saturated carbocycles. The largest absolute Gasteiger partial charge is 0.481 e. The minimum absolute atomic E-state index is 0.0444. The van der Waals surface area contributed by atoms with Gasteiger partial charge in [-0.3, -0.25) is 9.59 Å². The van der Waals surface area contributed by atoms with Gasteiger partial charge >= 0.3 is 5.97 Å². The van der Waals surface area contributed by atoms with Crippen LogP contribution in [0.1, 0.15) is 27.7 Å². The number of hydrogen-bond donors (Lipinski definition) is 2. The lowest BCUT2D eigenvalue weighted by molar-refractivity contribution is -0.152. The van der Waals surface area contributed by atoms with Gasteiger partial charge in [-0.05, 0) is 20.8 Å². The third kappa shape index (κ3) is 24.8. The van der Waals surface area contributed by atoms with Crippen molar-refractivity contribution in [3.63, 3.8) is 0 Å². The van der Waals surface area contributed by atoms with E-state index in [4.69, 9.17) is 20.4 Å². The van der Waals surface area contributed by atoms with Crippen LogP contribution in [0.4, 0.5) is 0 Å². The highest BCUT2D eigenvalue weighted by Crippen LogP contribution is 2.05. The Bertz CT molecular complexity index is 167. The van der Waals surface area contributed by atoms with Crippen LogP contribution in [0.25, 0.3) is 0 Å². The Hall–Kier alpha value is -1.10. The maximum absolute atomic E-state index is 10.5. The van der Waals surface area contributed by atoms with E-state index in [0.717, 1.165) is 6.92 Å². The summed E-state index contributed by atoms with van der Waals surface area (Å²) in [5, 5.41) is 7.42. The SMILES string of the molecule is CC(=O)O.CC(C)(C)OC(=O)CN. The first-order valence-electron chi connectivity index (χ1n) is 3.80.